The van der Waals surface area contributed by atoms with Crippen molar-refractivity contribution in [3.05, 3.63) is 77.9 Å². The van der Waals surface area contributed by atoms with Crippen LogP contribution in [0.25, 0.3) is 22.4 Å². The van der Waals surface area contributed by atoms with E-state index in [0.717, 1.165) is 39.2 Å². The molecule has 0 aliphatic carbocycles. The van der Waals surface area contributed by atoms with Crippen molar-refractivity contribution in [3.8, 4) is 11.4 Å². The van der Waals surface area contributed by atoms with Crippen molar-refractivity contribution < 1.29 is 18.4 Å². The fraction of sp³-hybridized carbons (Fsp3) is 0.136. The first-order valence-electron chi connectivity index (χ1n) is 9.38. The van der Waals surface area contributed by atoms with Gasteiger partial charge < -0.3 is 9.88 Å². The van der Waals surface area contributed by atoms with Crippen molar-refractivity contribution in [2.24, 2.45) is 0 Å². The van der Waals surface area contributed by atoms with E-state index >= 15 is 0 Å². The molecule has 0 saturated carbocycles. The Kier molecular flexibility index (Phi) is 6.26. The van der Waals surface area contributed by atoms with Gasteiger partial charge in [-0.2, -0.15) is 4.33 Å². The van der Waals surface area contributed by atoms with Gasteiger partial charge >= 0.3 is 0 Å². The Bertz CT molecular complexity index is 1210. The number of amides is 1. The molecule has 1 amide bonds. The van der Waals surface area contributed by atoms with Gasteiger partial charge in [0.25, 0.3) is 5.91 Å². The van der Waals surface area contributed by atoms with Gasteiger partial charge in [0.2, 0.25) is 0 Å². The molecule has 0 bridgehead atoms. The quantitative estimate of drug-likeness (QED) is 0.264. The Morgan fingerprint density at radius 3 is 2.61 bits per heavy atom. The molecule has 0 spiro atoms. The van der Waals surface area contributed by atoms with Gasteiger partial charge in [0.1, 0.15) is 11.5 Å². The van der Waals surface area contributed by atoms with Crippen LogP contribution in [-0.2, 0) is 15.8 Å². The van der Waals surface area contributed by atoms with Gasteiger partial charge in [0.05, 0.1) is 41.0 Å². The Morgan fingerprint density at radius 2 is 1.94 bits per heavy atom. The fourth-order valence-electron chi connectivity index (χ4n) is 3.21. The maximum atomic E-state index is 13.4. The van der Waals surface area contributed by atoms with Gasteiger partial charge in [0, 0.05) is 31.4 Å². The number of hydrogen-bond acceptors (Lipinski definition) is 6. The number of carbonyl (C=O) groups is 1. The number of rotatable bonds is 7. The number of carbonyl (C=O) groups excluding carboxylic acids is 1. The minimum Gasteiger partial charge on any atom is -0.355 e. The van der Waals surface area contributed by atoms with Gasteiger partial charge in [-0.05, 0) is 42.0 Å². The molecule has 0 fully saturated rings. The summed E-state index contributed by atoms with van der Waals surface area (Å²) in [5.74, 6) is -0.488. The average molecular weight is 438 g/mol. The molecule has 0 atom stereocenters. The summed E-state index contributed by atoms with van der Waals surface area (Å²) in [5.41, 5.74) is 3.66. The largest absolute Gasteiger partial charge is 0.355 e. The normalized spacial score (nSPS) is 11.1. The lowest BCUT2D eigenvalue weighted by Gasteiger charge is -2.11. The lowest BCUT2D eigenvalue weighted by atomic mass is 10.2. The zero-order valence-corrected chi connectivity index (χ0v) is 17.6. The molecule has 0 aliphatic rings. The number of halogens is 1. The van der Waals surface area contributed by atoms with Gasteiger partial charge in [-0.1, -0.05) is 12.1 Å². The lowest BCUT2D eigenvalue weighted by Crippen LogP contribution is -2.17. The van der Waals surface area contributed by atoms with Crippen LogP contribution in [0.1, 0.15) is 15.9 Å². The van der Waals surface area contributed by atoms with E-state index in [1.807, 2.05) is 16.7 Å². The van der Waals surface area contributed by atoms with Crippen molar-refractivity contribution in [2.75, 3.05) is 14.2 Å². The SMILES string of the molecule is CNC(=O)c1ccc(-c2cc3cc(SOOC)cnc3n2Cc2ccc(F)cc2)nc1. The second-order valence-electron chi connectivity index (χ2n) is 6.66. The first kappa shape index (κ1) is 21.0. The third kappa shape index (κ3) is 4.58. The topological polar surface area (TPSA) is 78.3 Å². The van der Waals surface area contributed by atoms with Crippen LogP contribution in [0.4, 0.5) is 4.39 Å². The summed E-state index contributed by atoms with van der Waals surface area (Å²) < 4.78 is 20.3. The molecule has 158 valence electrons. The second-order valence-corrected chi connectivity index (χ2v) is 7.43. The van der Waals surface area contributed by atoms with E-state index in [0.29, 0.717) is 17.8 Å². The third-order valence-electron chi connectivity index (χ3n) is 4.68. The molecule has 0 radical (unpaired) electrons. The number of pyridine rings is 2. The molecule has 1 aromatic carbocycles. The fourth-order valence-corrected chi connectivity index (χ4v) is 3.63. The number of nitrogens with zero attached hydrogens (tertiary/aromatic N) is 3. The Balaban J connectivity index is 1.79. The molecule has 7 nitrogen and oxygen atoms in total. The summed E-state index contributed by atoms with van der Waals surface area (Å²) in [4.78, 5) is 26.3. The maximum Gasteiger partial charge on any atom is 0.252 e. The summed E-state index contributed by atoms with van der Waals surface area (Å²) in [7, 11) is 3.01. The van der Waals surface area contributed by atoms with Crippen LogP contribution in [0.5, 0.6) is 0 Å². The lowest BCUT2D eigenvalue weighted by molar-refractivity contribution is -0.160. The summed E-state index contributed by atoms with van der Waals surface area (Å²) in [6.07, 6.45) is 3.23. The highest BCUT2D eigenvalue weighted by molar-refractivity contribution is 7.94. The molecule has 0 unspecified atom stereocenters. The van der Waals surface area contributed by atoms with Crippen molar-refractivity contribution >= 4 is 29.0 Å². The van der Waals surface area contributed by atoms with Crippen LogP contribution in [-0.4, -0.2) is 34.6 Å². The molecule has 3 heterocycles. The molecule has 1 N–H and O–H groups in total. The number of fused-ring (bicyclic) bond motifs is 1. The van der Waals surface area contributed by atoms with E-state index in [-0.39, 0.29) is 11.7 Å². The first-order valence-corrected chi connectivity index (χ1v) is 10.1. The molecular weight excluding hydrogens is 419 g/mol. The van der Waals surface area contributed by atoms with Crippen LogP contribution in [0.3, 0.4) is 0 Å². The molecule has 9 heteroatoms. The van der Waals surface area contributed by atoms with E-state index in [2.05, 4.69) is 20.2 Å². The minimum atomic E-state index is -0.286. The average Bonchev–Trinajstić information content (AvgIpc) is 3.16. The van der Waals surface area contributed by atoms with E-state index in [4.69, 9.17) is 4.33 Å². The zero-order valence-electron chi connectivity index (χ0n) is 16.8. The molecule has 0 aliphatic heterocycles. The van der Waals surface area contributed by atoms with Crippen LogP contribution in [0.15, 0.2) is 65.8 Å². The molecule has 4 rings (SSSR count). The summed E-state index contributed by atoms with van der Waals surface area (Å²) in [6, 6.07) is 13.8. The number of benzene rings is 1. The van der Waals surface area contributed by atoms with Gasteiger partial charge in [0.15, 0.2) is 0 Å². The van der Waals surface area contributed by atoms with Crippen molar-refractivity contribution in [1.82, 2.24) is 19.9 Å². The molecule has 31 heavy (non-hydrogen) atoms. The second kappa shape index (κ2) is 9.25. The number of nitrogens with one attached hydrogen (secondary N) is 1. The standard InChI is InChI=1S/C22H19FN4O3S/c1-24-22(28)15-5-8-19(25-11-15)20-10-16-9-18(31-30-29-2)12-26-21(16)27(20)13-14-3-6-17(23)7-4-14/h3-12H,13H2,1-2H3,(H,24,28). The number of hydrogen-bond donors (Lipinski definition) is 1. The summed E-state index contributed by atoms with van der Waals surface area (Å²) in [5, 5.41) is 3.47. The predicted octanol–water partition coefficient (Wildman–Crippen LogP) is 4.23. The van der Waals surface area contributed by atoms with E-state index in [1.165, 1.54) is 25.4 Å². The number of aromatic nitrogens is 3. The summed E-state index contributed by atoms with van der Waals surface area (Å²) >= 11 is 1.06. The Morgan fingerprint density at radius 1 is 1.13 bits per heavy atom. The van der Waals surface area contributed by atoms with Crippen molar-refractivity contribution in [2.45, 2.75) is 11.4 Å². The smallest absolute Gasteiger partial charge is 0.252 e. The van der Waals surface area contributed by atoms with E-state index in [9.17, 15) is 9.18 Å². The van der Waals surface area contributed by atoms with Crippen LogP contribution < -0.4 is 5.32 Å². The van der Waals surface area contributed by atoms with Crippen LogP contribution >= 0.6 is 12.0 Å². The predicted molar refractivity (Wildman–Crippen MR) is 116 cm³/mol. The maximum absolute atomic E-state index is 13.4. The van der Waals surface area contributed by atoms with Crippen LogP contribution in [0, 0.1) is 5.82 Å². The monoisotopic (exact) mass is 438 g/mol. The summed E-state index contributed by atoms with van der Waals surface area (Å²) in [6.45, 7) is 0.478. The highest BCUT2D eigenvalue weighted by Crippen LogP contribution is 2.30. The third-order valence-corrected chi connectivity index (χ3v) is 5.30. The highest BCUT2D eigenvalue weighted by Gasteiger charge is 2.15. The van der Waals surface area contributed by atoms with Crippen LogP contribution in [0.2, 0.25) is 0 Å². The molecule has 3 aromatic heterocycles. The first-order chi connectivity index (χ1) is 15.1. The van der Waals surface area contributed by atoms with E-state index in [1.54, 1.807) is 37.5 Å². The van der Waals surface area contributed by atoms with Gasteiger partial charge in [-0.25, -0.2) is 14.3 Å². The highest BCUT2D eigenvalue weighted by atomic mass is 32.2. The van der Waals surface area contributed by atoms with Gasteiger partial charge in [-0.15, -0.1) is 0 Å². The Labute approximate surface area is 182 Å². The van der Waals surface area contributed by atoms with Crippen molar-refractivity contribution in [1.29, 1.82) is 0 Å². The molecule has 0 saturated heterocycles. The minimum absolute atomic E-state index is 0.201. The molecular formula is C22H19FN4O3S. The van der Waals surface area contributed by atoms with Gasteiger partial charge in [-0.3, -0.25) is 9.78 Å². The molecule has 4 aromatic rings. The zero-order chi connectivity index (χ0) is 21.8. The van der Waals surface area contributed by atoms with Crippen molar-refractivity contribution in [3.63, 3.8) is 0 Å². The van der Waals surface area contributed by atoms with E-state index < -0.39 is 0 Å². The Hall–Kier alpha value is -3.27.